The van der Waals surface area contributed by atoms with Gasteiger partial charge in [0.2, 0.25) is 5.91 Å². The van der Waals surface area contributed by atoms with E-state index in [1.165, 1.54) is 24.5 Å². The summed E-state index contributed by atoms with van der Waals surface area (Å²) < 4.78 is 9.39. The molecule has 0 saturated carbocycles. The van der Waals surface area contributed by atoms with Crippen molar-refractivity contribution in [2.75, 3.05) is 5.32 Å². The second-order valence-electron chi connectivity index (χ2n) is 5.62. The molecule has 2 aromatic carbocycles. The third kappa shape index (κ3) is 3.11. The van der Waals surface area contributed by atoms with E-state index in [9.17, 15) is 19.7 Å². The lowest BCUT2D eigenvalue weighted by Crippen LogP contribution is -2.28. The zero-order valence-electron chi connectivity index (χ0n) is 13.5. The van der Waals surface area contributed by atoms with Crippen LogP contribution in [0.15, 0.2) is 47.5 Å². The van der Waals surface area contributed by atoms with Crippen LogP contribution in [0.5, 0.6) is 0 Å². The molecule has 10 nitrogen and oxygen atoms in total. The third-order valence-electron chi connectivity index (χ3n) is 3.89. The first kappa shape index (κ1) is 16.7. The minimum absolute atomic E-state index is 0.158. The molecule has 2 aromatic heterocycles. The van der Waals surface area contributed by atoms with Gasteiger partial charge in [0.15, 0.2) is 0 Å². The van der Waals surface area contributed by atoms with Crippen molar-refractivity contribution in [2.45, 2.75) is 6.54 Å². The van der Waals surface area contributed by atoms with Crippen LogP contribution in [0.1, 0.15) is 0 Å². The zero-order chi connectivity index (χ0) is 19.0. The Kier molecular flexibility index (Phi) is 4.05. The summed E-state index contributed by atoms with van der Waals surface area (Å²) >= 11 is 1.04. The van der Waals surface area contributed by atoms with E-state index in [4.69, 9.17) is 0 Å². The molecule has 1 amide bonds. The van der Waals surface area contributed by atoms with Gasteiger partial charge in [0, 0.05) is 12.1 Å². The number of amides is 1. The topological polar surface area (TPSA) is 133 Å². The minimum Gasteiger partial charge on any atom is -0.323 e. The number of non-ortho nitro benzene ring substituents is 1. The predicted octanol–water partition coefficient (Wildman–Crippen LogP) is 1.95. The van der Waals surface area contributed by atoms with Crippen molar-refractivity contribution in [3.8, 4) is 0 Å². The zero-order valence-corrected chi connectivity index (χ0v) is 14.3. The molecule has 134 valence electrons. The maximum Gasteiger partial charge on any atom is 0.271 e. The summed E-state index contributed by atoms with van der Waals surface area (Å²) in [6.45, 7) is -0.257. The molecule has 0 bridgehead atoms. The van der Waals surface area contributed by atoms with Gasteiger partial charge in [-0.1, -0.05) is 6.07 Å². The van der Waals surface area contributed by atoms with Crippen molar-refractivity contribution < 1.29 is 9.72 Å². The second kappa shape index (κ2) is 6.53. The maximum atomic E-state index is 12.5. The van der Waals surface area contributed by atoms with E-state index in [-0.39, 0.29) is 23.1 Å². The predicted molar refractivity (Wildman–Crippen MR) is 98.7 cm³/mol. The molecule has 2 heterocycles. The van der Waals surface area contributed by atoms with Gasteiger partial charge in [-0.25, -0.2) is 4.98 Å². The summed E-state index contributed by atoms with van der Waals surface area (Å²) in [6.07, 6.45) is 1.19. The van der Waals surface area contributed by atoms with Crippen LogP contribution in [-0.2, 0) is 11.3 Å². The summed E-state index contributed by atoms with van der Waals surface area (Å²) in [5, 5.41) is 13.7. The van der Waals surface area contributed by atoms with Gasteiger partial charge in [-0.15, -0.1) is 0 Å². The number of rotatable bonds is 4. The molecular weight excluding hydrogens is 372 g/mol. The Labute approximate surface area is 154 Å². The van der Waals surface area contributed by atoms with Crippen molar-refractivity contribution in [3.63, 3.8) is 0 Å². The lowest BCUT2D eigenvalue weighted by Gasteiger charge is -2.08. The van der Waals surface area contributed by atoms with Crippen LogP contribution in [0, 0.1) is 10.1 Å². The smallest absolute Gasteiger partial charge is 0.271 e. The van der Waals surface area contributed by atoms with Gasteiger partial charge in [0.1, 0.15) is 17.6 Å². The average Bonchev–Trinajstić information content (AvgIpc) is 3.13. The number of nitrogens with zero attached hydrogens (tertiary/aromatic N) is 5. The van der Waals surface area contributed by atoms with Gasteiger partial charge >= 0.3 is 0 Å². The van der Waals surface area contributed by atoms with E-state index < -0.39 is 16.4 Å². The molecule has 0 fully saturated rings. The van der Waals surface area contributed by atoms with E-state index in [1.54, 1.807) is 18.2 Å². The number of carbonyl (C=O) groups is 1. The van der Waals surface area contributed by atoms with Crippen LogP contribution in [-0.4, -0.2) is 29.1 Å². The molecule has 0 radical (unpaired) electrons. The Hall–Kier alpha value is -3.73. The highest BCUT2D eigenvalue weighted by molar-refractivity contribution is 7.00. The number of carbonyl (C=O) groups excluding carboxylic acids is 1. The summed E-state index contributed by atoms with van der Waals surface area (Å²) in [7, 11) is 0. The van der Waals surface area contributed by atoms with E-state index in [0.29, 0.717) is 16.7 Å². The van der Waals surface area contributed by atoms with E-state index in [2.05, 4.69) is 19.0 Å². The first-order valence-corrected chi connectivity index (χ1v) is 8.41. The molecule has 0 aliphatic rings. The molecule has 0 aliphatic heterocycles. The fourth-order valence-corrected chi connectivity index (χ4v) is 3.17. The number of aromatic nitrogens is 4. The lowest BCUT2D eigenvalue weighted by atomic mass is 10.2. The quantitative estimate of drug-likeness (QED) is 0.421. The molecule has 0 aliphatic carbocycles. The van der Waals surface area contributed by atoms with Crippen LogP contribution in [0.25, 0.3) is 21.9 Å². The highest BCUT2D eigenvalue weighted by atomic mass is 32.1. The average molecular weight is 382 g/mol. The van der Waals surface area contributed by atoms with Crippen molar-refractivity contribution in [2.24, 2.45) is 0 Å². The summed E-state index contributed by atoms with van der Waals surface area (Å²) in [6, 6.07) is 9.01. The SMILES string of the molecule is O=C(Cn1cnc2cc([N+](=O)[O-])ccc2c1=O)Nc1cccc2nsnc12. The van der Waals surface area contributed by atoms with Crippen LogP contribution in [0.2, 0.25) is 0 Å². The van der Waals surface area contributed by atoms with Gasteiger partial charge in [-0.2, -0.15) is 8.75 Å². The number of anilines is 1. The Morgan fingerprint density at radius 3 is 2.89 bits per heavy atom. The Morgan fingerprint density at radius 2 is 2.07 bits per heavy atom. The molecule has 1 N–H and O–H groups in total. The van der Waals surface area contributed by atoms with Crippen LogP contribution in [0.4, 0.5) is 11.4 Å². The number of fused-ring (bicyclic) bond motifs is 2. The molecule has 11 heteroatoms. The number of nitro benzene ring substituents is 1. The molecule has 4 aromatic rings. The maximum absolute atomic E-state index is 12.5. The Morgan fingerprint density at radius 1 is 1.22 bits per heavy atom. The Balaban J connectivity index is 1.61. The summed E-state index contributed by atoms with van der Waals surface area (Å²) in [5.41, 5.74) is 1.33. The van der Waals surface area contributed by atoms with E-state index in [1.807, 2.05) is 0 Å². The van der Waals surface area contributed by atoms with Crippen LogP contribution in [0.3, 0.4) is 0 Å². The molecular formula is C16H10N6O4S. The number of benzene rings is 2. The van der Waals surface area contributed by atoms with Crippen molar-refractivity contribution in [3.05, 3.63) is 63.2 Å². The van der Waals surface area contributed by atoms with Crippen LogP contribution < -0.4 is 10.9 Å². The van der Waals surface area contributed by atoms with Crippen molar-refractivity contribution >= 4 is 50.9 Å². The van der Waals surface area contributed by atoms with Gasteiger partial charge in [-0.05, 0) is 18.2 Å². The van der Waals surface area contributed by atoms with Crippen LogP contribution >= 0.6 is 11.7 Å². The molecule has 0 unspecified atom stereocenters. The van der Waals surface area contributed by atoms with Gasteiger partial charge in [-0.3, -0.25) is 24.3 Å². The highest BCUT2D eigenvalue weighted by Gasteiger charge is 2.13. The number of hydrogen-bond donors (Lipinski definition) is 1. The molecule has 27 heavy (non-hydrogen) atoms. The monoisotopic (exact) mass is 382 g/mol. The summed E-state index contributed by atoms with van der Waals surface area (Å²) in [5.74, 6) is -0.430. The fourth-order valence-electron chi connectivity index (χ4n) is 2.62. The number of nitro groups is 1. The van der Waals surface area contributed by atoms with E-state index >= 15 is 0 Å². The van der Waals surface area contributed by atoms with Crippen molar-refractivity contribution in [1.82, 2.24) is 18.3 Å². The van der Waals surface area contributed by atoms with E-state index in [0.717, 1.165) is 16.3 Å². The van der Waals surface area contributed by atoms with Gasteiger partial charge < -0.3 is 5.32 Å². The van der Waals surface area contributed by atoms with Gasteiger partial charge in [0.25, 0.3) is 11.2 Å². The van der Waals surface area contributed by atoms with Gasteiger partial charge in [0.05, 0.1) is 39.6 Å². The molecule has 0 saturated heterocycles. The third-order valence-corrected chi connectivity index (χ3v) is 4.44. The minimum atomic E-state index is -0.561. The molecule has 4 rings (SSSR count). The Bertz CT molecular complexity index is 1260. The van der Waals surface area contributed by atoms with Crippen molar-refractivity contribution in [1.29, 1.82) is 0 Å². The summed E-state index contributed by atoms with van der Waals surface area (Å²) in [4.78, 5) is 39.2. The first-order valence-electron chi connectivity index (χ1n) is 7.67. The molecule has 0 atom stereocenters. The standard InChI is InChI=1S/C16H10N6O4S/c23-14(18-11-2-1-3-12-15(11)20-27-19-12)7-21-8-17-13-6-9(22(25)26)4-5-10(13)16(21)24/h1-6,8H,7H2,(H,18,23). The largest absolute Gasteiger partial charge is 0.323 e. The number of nitrogens with one attached hydrogen (secondary N) is 1. The lowest BCUT2D eigenvalue weighted by molar-refractivity contribution is -0.384. The normalized spacial score (nSPS) is 11.0. The second-order valence-corrected chi connectivity index (χ2v) is 6.15. The highest BCUT2D eigenvalue weighted by Crippen LogP contribution is 2.21. The first-order chi connectivity index (χ1) is 13.0. The molecule has 0 spiro atoms. The number of hydrogen-bond acceptors (Lipinski definition) is 8. The fraction of sp³-hybridized carbons (Fsp3) is 0.0625.